The third-order valence-electron chi connectivity index (χ3n) is 3.80. The van der Waals surface area contributed by atoms with E-state index in [9.17, 15) is 4.79 Å². The summed E-state index contributed by atoms with van der Waals surface area (Å²) in [6.45, 7) is 8.43. The first-order chi connectivity index (χ1) is 9.95. The van der Waals surface area contributed by atoms with E-state index in [4.69, 9.17) is 10.5 Å². The number of nitrogens with one attached hydrogen (secondary N) is 1. The zero-order chi connectivity index (χ0) is 15.4. The van der Waals surface area contributed by atoms with Gasteiger partial charge in [-0.15, -0.1) is 0 Å². The molecule has 0 bridgehead atoms. The number of anilines is 1. The molecule has 0 spiro atoms. The Bertz CT molecular complexity index is 502. The summed E-state index contributed by atoms with van der Waals surface area (Å²) in [5, 5.41) is 2.99. The minimum atomic E-state index is -0.0186. The van der Waals surface area contributed by atoms with E-state index in [0.29, 0.717) is 19.7 Å². The molecule has 5 nitrogen and oxygen atoms in total. The van der Waals surface area contributed by atoms with E-state index in [-0.39, 0.29) is 18.1 Å². The van der Waals surface area contributed by atoms with Crippen molar-refractivity contribution in [2.75, 3.05) is 31.6 Å². The lowest BCUT2D eigenvalue weighted by Gasteiger charge is -2.34. The summed E-state index contributed by atoms with van der Waals surface area (Å²) in [5.41, 5.74) is 8.97. The lowest BCUT2D eigenvalue weighted by molar-refractivity contribution is -0.119. The Morgan fingerprint density at radius 3 is 3.00 bits per heavy atom. The lowest BCUT2D eigenvalue weighted by Crippen LogP contribution is -2.51. The average Bonchev–Trinajstić information content (AvgIpc) is 2.43. The SMILES string of the molecule is Cc1ccc(C)c(NC(=O)CN2CCOC(C(C)N)C2)c1. The second kappa shape index (κ2) is 7.02. The van der Waals surface area contributed by atoms with Gasteiger partial charge in [-0.2, -0.15) is 0 Å². The zero-order valence-electron chi connectivity index (χ0n) is 13.1. The van der Waals surface area contributed by atoms with E-state index in [0.717, 1.165) is 23.4 Å². The number of nitrogens with zero attached hydrogens (tertiary/aromatic N) is 1. The van der Waals surface area contributed by atoms with Crippen molar-refractivity contribution in [3.8, 4) is 0 Å². The number of carbonyl (C=O) groups is 1. The molecule has 0 radical (unpaired) electrons. The Balaban J connectivity index is 1.91. The third kappa shape index (κ3) is 4.52. The summed E-state index contributed by atoms with van der Waals surface area (Å²) in [6.07, 6.45) is 0.00672. The minimum absolute atomic E-state index is 0.00672. The van der Waals surface area contributed by atoms with Crippen LogP contribution in [-0.4, -0.2) is 49.2 Å². The van der Waals surface area contributed by atoms with Gasteiger partial charge in [0, 0.05) is 24.8 Å². The number of aryl methyl sites for hydroxylation is 2. The summed E-state index contributed by atoms with van der Waals surface area (Å²) in [7, 11) is 0. The topological polar surface area (TPSA) is 67.6 Å². The summed E-state index contributed by atoms with van der Waals surface area (Å²) in [6, 6.07) is 6.04. The van der Waals surface area contributed by atoms with Crippen molar-refractivity contribution in [2.24, 2.45) is 5.73 Å². The van der Waals surface area contributed by atoms with Crippen molar-refractivity contribution in [3.05, 3.63) is 29.3 Å². The maximum absolute atomic E-state index is 12.2. The van der Waals surface area contributed by atoms with Gasteiger partial charge in [0.1, 0.15) is 0 Å². The van der Waals surface area contributed by atoms with Crippen LogP contribution in [0.3, 0.4) is 0 Å². The standard InChI is InChI=1S/C16H25N3O2/c1-11-4-5-12(2)14(8-11)18-16(20)10-19-6-7-21-15(9-19)13(3)17/h4-5,8,13,15H,6-7,9-10,17H2,1-3H3,(H,18,20). The van der Waals surface area contributed by atoms with Crippen molar-refractivity contribution < 1.29 is 9.53 Å². The fraction of sp³-hybridized carbons (Fsp3) is 0.562. The van der Waals surface area contributed by atoms with Gasteiger partial charge in [0.25, 0.3) is 0 Å². The molecular weight excluding hydrogens is 266 g/mol. The fourth-order valence-electron chi connectivity index (χ4n) is 2.46. The number of hydrogen-bond acceptors (Lipinski definition) is 4. The molecule has 0 saturated carbocycles. The molecule has 116 valence electrons. The van der Waals surface area contributed by atoms with E-state index in [2.05, 4.69) is 10.2 Å². The van der Waals surface area contributed by atoms with Crippen LogP contribution in [0.4, 0.5) is 5.69 Å². The van der Waals surface area contributed by atoms with Crippen LogP contribution in [0.5, 0.6) is 0 Å². The molecule has 2 unspecified atom stereocenters. The molecule has 1 saturated heterocycles. The lowest BCUT2D eigenvalue weighted by atomic mass is 10.1. The molecule has 1 amide bonds. The van der Waals surface area contributed by atoms with Gasteiger partial charge in [0.2, 0.25) is 5.91 Å². The molecule has 1 aromatic rings. The number of morpholine rings is 1. The Morgan fingerprint density at radius 2 is 2.29 bits per heavy atom. The molecule has 3 N–H and O–H groups in total. The minimum Gasteiger partial charge on any atom is -0.374 e. The van der Waals surface area contributed by atoms with Gasteiger partial charge >= 0.3 is 0 Å². The van der Waals surface area contributed by atoms with Crippen LogP contribution >= 0.6 is 0 Å². The molecule has 1 aromatic carbocycles. The number of carbonyl (C=O) groups excluding carboxylic acids is 1. The van der Waals surface area contributed by atoms with Crippen molar-refractivity contribution in [3.63, 3.8) is 0 Å². The van der Waals surface area contributed by atoms with Crippen LogP contribution in [0.25, 0.3) is 0 Å². The molecule has 5 heteroatoms. The second-order valence-electron chi connectivity index (χ2n) is 5.87. The van der Waals surface area contributed by atoms with Crippen molar-refractivity contribution in [1.82, 2.24) is 4.90 Å². The van der Waals surface area contributed by atoms with Crippen LogP contribution < -0.4 is 11.1 Å². The Labute approximate surface area is 126 Å². The molecule has 1 aliphatic heterocycles. The number of amides is 1. The quantitative estimate of drug-likeness (QED) is 0.877. The van der Waals surface area contributed by atoms with Crippen molar-refractivity contribution >= 4 is 11.6 Å². The molecule has 21 heavy (non-hydrogen) atoms. The molecular formula is C16H25N3O2. The second-order valence-corrected chi connectivity index (χ2v) is 5.87. The van der Waals surface area contributed by atoms with Gasteiger partial charge in [0.15, 0.2) is 0 Å². The van der Waals surface area contributed by atoms with Crippen LogP contribution in [0.2, 0.25) is 0 Å². The predicted octanol–water partition coefficient (Wildman–Crippen LogP) is 1.29. The van der Waals surface area contributed by atoms with Crippen molar-refractivity contribution in [1.29, 1.82) is 0 Å². The number of rotatable bonds is 4. The van der Waals surface area contributed by atoms with E-state index in [1.165, 1.54) is 0 Å². The van der Waals surface area contributed by atoms with E-state index in [1.807, 2.05) is 39.0 Å². The normalized spacial score (nSPS) is 21.0. The first-order valence-corrected chi connectivity index (χ1v) is 7.42. The van der Waals surface area contributed by atoms with Gasteiger partial charge in [-0.3, -0.25) is 9.69 Å². The van der Waals surface area contributed by atoms with Crippen LogP contribution in [0.15, 0.2) is 18.2 Å². The largest absolute Gasteiger partial charge is 0.374 e. The summed E-state index contributed by atoms with van der Waals surface area (Å²) >= 11 is 0. The van der Waals surface area contributed by atoms with Gasteiger partial charge in [-0.25, -0.2) is 0 Å². The van der Waals surface area contributed by atoms with Gasteiger partial charge < -0.3 is 15.8 Å². The van der Waals surface area contributed by atoms with Gasteiger partial charge in [-0.05, 0) is 38.0 Å². The van der Waals surface area contributed by atoms with Crippen LogP contribution in [-0.2, 0) is 9.53 Å². The molecule has 0 aliphatic carbocycles. The summed E-state index contributed by atoms with van der Waals surface area (Å²) < 4.78 is 5.61. The van der Waals surface area contributed by atoms with Gasteiger partial charge in [-0.1, -0.05) is 12.1 Å². The molecule has 2 rings (SSSR count). The monoisotopic (exact) mass is 291 g/mol. The highest BCUT2D eigenvalue weighted by atomic mass is 16.5. The van der Waals surface area contributed by atoms with Crippen LogP contribution in [0.1, 0.15) is 18.1 Å². The van der Waals surface area contributed by atoms with Crippen LogP contribution in [0, 0.1) is 13.8 Å². The molecule has 0 aromatic heterocycles. The average molecular weight is 291 g/mol. The Kier molecular flexibility index (Phi) is 5.33. The summed E-state index contributed by atoms with van der Waals surface area (Å²) in [4.78, 5) is 14.3. The highest BCUT2D eigenvalue weighted by molar-refractivity contribution is 5.93. The van der Waals surface area contributed by atoms with Gasteiger partial charge in [0.05, 0.1) is 19.3 Å². The third-order valence-corrected chi connectivity index (χ3v) is 3.80. The van der Waals surface area contributed by atoms with E-state index < -0.39 is 0 Å². The highest BCUT2D eigenvalue weighted by Crippen LogP contribution is 2.16. The number of ether oxygens (including phenoxy) is 1. The molecule has 1 heterocycles. The summed E-state index contributed by atoms with van der Waals surface area (Å²) in [5.74, 6) is 0.00836. The smallest absolute Gasteiger partial charge is 0.238 e. The predicted molar refractivity (Wildman–Crippen MR) is 84.4 cm³/mol. The van der Waals surface area contributed by atoms with E-state index in [1.54, 1.807) is 0 Å². The fourth-order valence-corrected chi connectivity index (χ4v) is 2.46. The van der Waals surface area contributed by atoms with Crippen molar-refractivity contribution in [2.45, 2.75) is 32.9 Å². The highest BCUT2D eigenvalue weighted by Gasteiger charge is 2.24. The maximum atomic E-state index is 12.2. The molecule has 2 atom stereocenters. The molecule has 1 aliphatic rings. The Morgan fingerprint density at radius 1 is 1.52 bits per heavy atom. The number of nitrogens with two attached hydrogens (primary N) is 1. The first kappa shape index (κ1) is 15.9. The van der Waals surface area contributed by atoms with E-state index >= 15 is 0 Å². The first-order valence-electron chi connectivity index (χ1n) is 7.42. The molecule has 1 fully saturated rings. The number of hydrogen-bond donors (Lipinski definition) is 2. The zero-order valence-corrected chi connectivity index (χ0v) is 13.1. The number of benzene rings is 1. The maximum Gasteiger partial charge on any atom is 0.238 e. The Hall–Kier alpha value is -1.43.